The SMILES string of the molecule is CC(C)(C)NCc1cn(CCOC2CCC2)nn1. The molecule has 0 aromatic carbocycles. The fraction of sp³-hybridized carbons (Fsp3) is 0.846. The van der Waals surface area contributed by atoms with E-state index in [-0.39, 0.29) is 5.54 Å². The summed E-state index contributed by atoms with van der Waals surface area (Å²) in [7, 11) is 0. The van der Waals surface area contributed by atoms with E-state index in [0.717, 1.165) is 25.4 Å². The smallest absolute Gasteiger partial charge is 0.0965 e. The Kier molecular flexibility index (Phi) is 4.35. The van der Waals surface area contributed by atoms with Gasteiger partial charge >= 0.3 is 0 Å². The first kappa shape index (κ1) is 13.5. The molecule has 5 heteroatoms. The lowest BCUT2D eigenvalue weighted by molar-refractivity contribution is -0.00249. The van der Waals surface area contributed by atoms with Gasteiger partial charge in [-0.2, -0.15) is 0 Å². The summed E-state index contributed by atoms with van der Waals surface area (Å²) in [5, 5.41) is 11.6. The van der Waals surface area contributed by atoms with E-state index in [1.807, 2.05) is 10.9 Å². The van der Waals surface area contributed by atoms with E-state index < -0.39 is 0 Å². The Balaban J connectivity index is 1.68. The van der Waals surface area contributed by atoms with Crippen LogP contribution >= 0.6 is 0 Å². The van der Waals surface area contributed by atoms with Crippen molar-refractivity contribution in [2.24, 2.45) is 0 Å². The van der Waals surface area contributed by atoms with Crippen molar-refractivity contribution >= 4 is 0 Å². The van der Waals surface area contributed by atoms with Crippen molar-refractivity contribution < 1.29 is 4.74 Å². The second kappa shape index (κ2) is 5.80. The van der Waals surface area contributed by atoms with Crippen molar-refractivity contribution in [3.63, 3.8) is 0 Å². The molecule has 0 bridgehead atoms. The van der Waals surface area contributed by atoms with Gasteiger partial charge in [0, 0.05) is 18.3 Å². The molecule has 0 aliphatic heterocycles. The molecule has 5 nitrogen and oxygen atoms in total. The lowest BCUT2D eigenvalue weighted by atomic mass is 9.96. The molecule has 0 saturated heterocycles. The third-order valence-corrected chi connectivity index (χ3v) is 3.11. The highest BCUT2D eigenvalue weighted by molar-refractivity contribution is 4.93. The van der Waals surface area contributed by atoms with Gasteiger partial charge in [-0.1, -0.05) is 5.21 Å². The maximum Gasteiger partial charge on any atom is 0.0965 e. The number of nitrogens with zero attached hydrogens (tertiary/aromatic N) is 3. The molecule has 0 unspecified atom stereocenters. The van der Waals surface area contributed by atoms with Gasteiger partial charge in [0.2, 0.25) is 0 Å². The van der Waals surface area contributed by atoms with Crippen molar-refractivity contribution in [3.05, 3.63) is 11.9 Å². The summed E-state index contributed by atoms with van der Waals surface area (Å²) in [6.45, 7) is 8.71. The highest BCUT2D eigenvalue weighted by Crippen LogP contribution is 2.21. The molecule has 1 saturated carbocycles. The number of aromatic nitrogens is 3. The first-order chi connectivity index (χ1) is 8.53. The molecule has 0 spiro atoms. The minimum atomic E-state index is 0.108. The second-order valence-electron chi connectivity index (χ2n) is 6.00. The van der Waals surface area contributed by atoms with Crippen LogP contribution in [0.15, 0.2) is 6.20 Å². The van der Waals surface area contributed by atoms with Crippen molar-refractivity contribution in [1.29, 1.82) is 0 Å². The third-order valence-electron chi connectivity index (χ3n) is 3.11. The van der Waals surface area contributed by atoms with E-state index in [2.05, 4.69) is 36.4 Å². The van der Waals surface area contributed by atoms with Crippen molar-refractivity contribution in [3.8, 4) is 0 Å². The average Bonchev–Trinajstić information content (AvgIpc) is 2.66. The molecule has 2 rings (SSSR count). The molecule has 1 aliphatic carbocycles. The number of ether oxygens (including phenoxy) is 1. The van der Waals surface area contributed by atoms with Crippen molar-refractivity contribution in [2.75, 3.05) is 6.61 Å². The Labute approximate surface area is 109 Å². The summed E-state index contributed by atoms with van der Waals surface area (Å²) in [5.41, 5.74) is 1.09. The molecule has 1 N–H and O–H groups in total. The van der Waals surface area contributed by atoms with Crippen LogP contribution in [0.4, 0.5) is 0 Å². The largest absolute Gasteiger partial charge is 0.376 e. The molecule has 0 radical (unpaired) electrons. The van der Waals surface area contributed by atoms with E-state index in [1.165, 1.54) is 19.3 Å². The van der Waals surface area contributed by atoms with Crippen molar-refractivity contribution in [1.82, 2.24) is 20.3 Å². The molecule has 1 fully saturated rings. The summed E-state index contributed by atoms with van der Waals surface area (Å²) >= 11 is 0. The van der Waals surface area contributed by atoms with Gasteiger partial charge in [0.1, 0.15) is 0 Å². The Morgan fingerprint density at radius 1 is 1.44 bits per heavy atom. The zero-order valence-electron chi connectivity index (χ0n) is 11.6. The van der Waals surface area contributed by atoms with Crippen molar-refractivity contribution in [2.45, 2.75) is 64.8 Å². The van der Waals surface area contributed by atoms with E-state index in [1.54, 1.807) is 0 Å². The Morgan fingerprint density at radius 2 is 2.22 bits per heavy atom. The molecule has 1 heterocycles. The standard InChI is InChI=1S/C13H24N4O/c1-13(2,3)14-9-11-10-17(16-15-11)7-8-18-12-5-4-6-12/h10,12,14H,4-9H2,1-3H3. The van der Waals surface area contributed by atoms with Crippen LogP contribution in [0.25, 0.3) is 0 Å². The number of hydrogen-bond acceptors (Lipinski definition) is 4. The summed E-state index contributed by atoms with van der Waals surface area (Å²) in [4.78, 5) is 0. The Hall–Kier alpha value is -0.940. The normalized spacial score (nSPS) is 16.8. The van der Waals surface area contributed by atoms with Crippen LogP contribution in [0.3, 0.4) is 0 Å². The molecule has 1 aliphatic rings. The van der Waals surface area contributed by atoms with Crippen LogP contribution in [-0.4, -0.2) is 33.2 Å². The van der Waals surface area contributed by atoms with Gasteiger partial charge < -0.3 is 10.1 Å². The maximum absolute atomic E-state index is 5.70. The Bertz CT molecular complexity index is 365. The van der Waals surface area contributed by atoms with Gasteiger partial charge in [0.25, 0.3) is 0 Å². The van der Waals surface area contributed by atoms with Crippen LogP contribution in [0.5, 0.6) is 0 Å². The highest BCUT2D eigenvalue weighted by atomic mass is 16.5. The highest BCUT2D eigenvalue weighted by Gasteiger charge is 2.17. The van der Waals surface area contributed by atoms with Gasteiger partial charge in [-0.15, -0.1) is 5.10 Å². The molecule has 102 valence electrons. The summed E-state index contributed by atoms with van der Waals surface area (Å²) < 4.78 is 7.56. The number of hydrogen-bond donors (Lipinski definition) is 1. The first-order valence-corrected chi connectivity index (χ1v) is 6.78. The van der Waals surface area contributed by atoms with Gasteiger partial charge in [0.05, 0.1) is 24.9 Å². The summed E-state index contributed by atoms with van der Waals surface area (Å²) in [6, 6.07) is 0. The summed E-state index contributed by atoms with van der Waals surface area (Å²) in [6.07, 6.45) is 6.24. The zero-order chi connectivity index (χ0) is 13.0. The molecule has 1 aromatic rings. The van der Waals surface area contributed by atoms with Gasteiger partial charge in [-0.05, 0) is 40.0 Å². The Morgan fingerprint density at radius 3 is 2.83 bits per heavy atom. The molecular formula is C13H24N4O. The average molecular weight is 252 g/mol. The molecule has 0 atom stereocenters. The van der Waals surface area contributed by atoms with E-state index in [9.17, 15) is 0 Å². The quantitative estimate of drug-likeness (QED) is 0.838. The molecular weight excluding hydrogens is 228 g/mol. The van der Waals surface area contributed by atoms with E-state index in [4.69, 9.17) is 4.74 Å². The molecule has 18 heavy (non-hydrogen) atoms. The van der Waals surface area contributed by atoms with Crippen LogP contribution in [0, 0.1) is 0 Å². The van der Waals surface area contributed by atoms with Crippen LogP contribution in [0.1, 0.15) is 45.7 Å². The maximum atomic E-state index is 5.70. The van der Waals surface area contributed by atoms with Gasteiger partial charge in [-0.25, -0.2) is 4.68 Å². The van der Waals surface area contributed by atoms with E-state index >= 15 is 0 Å². The summed E-state index contributed by atoms with van der Waals surface area (Å²) in [5.74, 6) is 0. The second-order valence-corrected chi connectivity index (χ2v) is 6.00. The van der Waals surface area contributed by atoms with Gasteiger partial charge in [0.15, 0.2) is 0 Å². The topological polar surface area (TPSA) is 52.0 Å². The minimum Gasteiger partial charge on any atom is -0.376 e. The number of nitrogens with one attached hydrogen (secondary N) is 1. The predicted octanol–water partition coefficient (Wildman–Crippen LogP) is 1.74. The fourth-order valence-corrected chi connectivity index (χ4v) is 1.73. The van der Waals surface area contributed by atoms with E-state index in [0.29, 0.717) is 6.10 Å². The lowest BCUT2D eigenvalue weighted by Crippen LogP contribution is -2.35. The van der Waals surface area contributed by atoms with Crippen LogP contribution in [0.2, 0.25) is 0 Å². The van der Waals surface area contributed by atoms with Crippen LogP contribution < -0.4 is 5.32 Å². The van der Waals surface area contributed by atoms with Gasteiger partial charge in [-0.3, -0.25) is 0 Å². The molecule has 0 amide bonds. The fourth-order valence-electron chi connectivity index (χ4n) is 1.73. The first-order valence-electron chi connectivity index (χ1n) is 6.78. The predicted molar refractivity (Wildman–Crippen MR) is 70.2 cm³/mol. The lowest BCUT2D eigenvalue weighted by Gasteiger charge is -2.25. The minimum absolute atomic E-state index is 0.108. The zero-order valence-corrected chi connectivity index (χ0v) is 11.6. The monoisotopic (exact) mass is 252 g/mol. The molecule has 1 aromatic heterocycles. The third kappa shape index (κ3) is 4.38. The van der Waals surface area contributed by atoms with Crippen LogP contribution in [-0.2, 0) is 17.8 Å². The number of rotatable bonds is 6.